The van der Waals surface area contributed by atoms with Crippen molar-refractivity contribution in [2.45, 2.75) is 41.5 Å². The molecule has 0 aliphatic carbocycles. The van der Waals surface area contributed by atoms with Gasteiger partial charge in [0, 0.05) is 24.0 Å². The highest BCUT2D eigenvalue weighted by Gasteiger charge is 2.11. The van der Waals surface area contributed by atoms with E-state index >= 15 is 0 Å². The van der Waals surface area contributed by atoms with E-state index in [1.165, 1.54) is 5.56 Å². The minimum atomic E-state index is 0.669. The van der Waals surface area contributed by atoms with E-state index in [4.69, 9.17) is 0 Å². The molecule has 0 aliphatic heterocycles. The van der Waals surface area contributed by atoms with E-state index in [0.29, 0.717) is 5.82 Å². The quantitative estimate of drug-likeness (QED) is 0.773. The topological polar surface area (TPSA) is 55.4 Å². The van der Waals surface area contributed by atoms with Crippen LogP contribution in [-0.2, 0) is 7.05 Å². The highest BCUT2D eigenvalue weighted by molar-refractivity contribution is 5.53. The molecule has 0 aliphatic rings. The Hall–Kier alpha value is -2.04. The number of aromatic nitrogens is 3. The third kappa shape index (κ3) is 2.35. The molecule has 0 saturated heterocycles. The molecule has 0 bridgehead atoms. The number of nitrogens with zero attached hydrogens (tertiary/aromatic N) is 5. The van der Waals surface area contributed by atoms with Gasteiger partial charge < -0.3 is 0 Å². The van der Waals surface area contributed by atoms with Crippen LogP contribution in [0.3, 0.4) is 0 Å². The Morgan fingerprint density at radius 2 is 1.45 bits per heavy atom. The molecule has 20 heavy (non-hydrogen) atoms. The van der Waals surface area contributed by atoms with E-state index in [0.717, 1.165) is 33.9 Å². The number of hydrogen-bond acceptors (Lipinski definition) is 4. The smallest absolute Gasteiger partial charge is 0.198 e. The van der Waals surface area contributed by atoms with Gasteiger partial charge in [-0.05, 0) is 52.7 Å². The summed E-state index contributed by atoms with van der Waals surface area (Å²) in [5.74, 6) is 0.669. The zero-order valence-electron chi connectivity index (χ0n) is 13.2. The van der Waals surface area contributed by atoms with Crippen LogP contribution in [0.2, 0.25) is 0 Å². The molecule has 5 heteroatoms. The highest BCUT2D eigenvalue weighted by Crippen LogP contribution is 2.29. The fraction of sp³-hybridized carbons (Fsp3) is 0.467. The molecular weight excluding hydrogens is 250 g/mol. The average Bonchev–Trinajstić information content (AvgIpc) is 2.64. The third-order valence-corrected chi connectivity index (χ3v) is 3.99. The van der Waals surface area contributed by atoms with Crippen LogP contribution in [0.25, 0.3) is 0 Å². The average molecular weight is 271 g/mol. The van der Waals surface area contributed by atoms with Crippen LogP contribution in [0.1, 0.15) is 33.8 Å². The third-order valence-electron chi connectivity index (χ3n) is 3.99. The summed E-state index contributed by atoms with van der Waals surface area (Å²) in [6, 6.07) is 0. The lowest BCUT2D eigenvalue weighted by molar-refractivity contribution is 0.738. The van der Waals surface area contributed by atoms with Gasteiger partial charge in [0.05, 0.1) is 5.69 Å². The van der Waals surface area contributed by atoms with Gasteiger partial charge in [0.25, 0.3) is 0 Å². The number of hydrogen-bond donors (Lipinski definition) is 0. The van der Waals surface area contributed by atoms with E-state index in [1.807, 2.05) is 39.4 Å². The van der Waals surface area contributed by atoms with E-state index in [1.54, 1.807) is 0 Å². The molecule has 0 atom stereocenters. The standard InChI is InChI=1S/C15H21N5/c1-8-9(2)14(12(5)16-11(8)4)17-18-15-10(3)13(6)20(7)19-15/h1-7H3. The monoisotopic (exact) mass is 271 g/mol. The maximum Gasteiger partial charge on any atom is 0.198 e. The van der Waals surface area contributed by atoms with Crippen molar-refractivity contribution in [3.05, 3.63) is 33.8 Å². The van der Waals surface area contributed by atoms with Gasteiger partial charge in [0.15, 0.2) is 5.82 Å². The highest BCUT2D eigenvalue weighted by atomic mass is 15.3. The van der Waals surface area contributed by atoms with Gasteiger partial charge in [-0.2, -0.15) is 5.10 Å². The normalized spacial score (nSPS) is 11.6. The fourth-order valence-corrected chi connectivity index (χ4v) is 2.14. The first-order valence-electron chi connectivity index (χ1n) is 6.69. The molecule has 2 aromatic heterocycles. The van der Waals surface area contributed by atoms with Crippen LogP contribution < -0.4 is 0 Å². The molecule has 2 rings (SSSR count). The van der Waals surface area contributed by atoms with Crippen molar-refractivity contribution < 1.29 is 0 Å². The lowest BCUT2D eigenvalue weighted by atomic mass is 10.1. The Morgan fingerprint density at radius 3 is 2.00 bits per heavy atom. The summed E-state index contributed by atoms with van der Waals surface area (Å²) >= 11 is 0. The predicted octanol–water partition coefficient (Wildman–Crippen LogP) is 4.08. The summed E-state index contributed by atoms with van der Waals surface area (Å²) in [6.45, 7) is 12.1. The summed E-state index contributed by atoms with van der Waals surface area (Å²) in [7, 11) is 1.91. The van der Waals surface area contributed by atoms with Crippen LogP contribution in [0, 0.1) is 41.5 Å². The van der Waals surface area contributed by atoms with Crippen LogP contribution in [-0.4, -0.2) is 14.8 Å². The SMILES string of the molecule is Cc1nc(C)c(N=Nc2nn(C)c(C)c2C)c(C)c1C. The van der Waals surface area contributed by atoms with Crippen molar-refractivity contribution in [1.82, 2.24) is 14.8 Å². The zero-order valence-corrected chi connectivity index (χ0v) is 13.2. The van der Waals surface area contributed by atoms with Gasteiger partial charge >= 0.3 is 0 Å². The van der Waals surface area contributed by atoms with Crippen LogP contribution in [0.15, 0.2) is 10.2 Å². The Morgan fingerprint density at radius 1 is 0.800 bits per heavy atom. The van der Waals surface area contributed by atoms with Gasteiger partial charge in [0.2, 0.25) is 0 Å². The van der Waals surface area contributed by atoms with Crippen molar-refractivity contribution in [3.63, 3.8) is 0 Å². The van der Waals surface area contributed by atoms with Crippen molar-refractivity contribution in [3.8, 4) is 0 Å². The molecule has 0 radical (unpaired) electrons. The molecule has 2 heterocycles. The van der Waals surface area contributed by atoms with Crippen molar-refractivity contribution in [2.24, 2.45) is 17.3 Å². The van der Waals surface area contributed by atoms with E-state index in [9.17, 15) is 0 Å². The number of rotatable bonds is 2. The molecule has 0 aromatic carbocycles. The summed E-state index contributed by atoms with van der Waals surface area (Å²) in [6.07, 6.45) is 0. The summed E-state index contributed by atoms with van der Waals surface area (Å²) in [5.41, 5.74) is 7.25. The van der Waals surface area contributed by atoms with Gasteiger partial charge in [-0.3, -0.25) is 9.67 Å². The second kappa shape index (κ2) is 5.15. The van der Waals surface area contributed by atoms with Crippen molar-refractivity contribution in [1.29, 1.82) is 0 Å². The molecule has 0 spiro atoms. The molecular formula is C15H21N5. The van der Waals surface area contributed by atoms with Crippen molar-refractivity contribution >= 4 is 11.5 Å². The van der Waals surface area contributed by atoms with Gasteiger partial charge in [-0.1, -0.05) is 0 Å². The maximum atomic E-state index is 4.51. The first-order valence-corrected chi connectivity index (χ1v) is 6.69. The van der Waals surface area contributed by atoms with Crippen LogP contribution in [0.4, 0.5) is 11.5 Å². The van der Waals surface area contributed by atoms with Crippen LogP contribution in [0.5, 0.6) is 0 Å². The van der Waals surface area contributed by atoms with Gasteiger partial charge in [0.1, 0.15) is 5.69 Å². The van der Waals surface area contributed by atoms with Gasteiger partial charge in [-0.15, -0.1) is 10.2 Å². The molecule has 0 fully saturated rings. The van der Waals surface area contributed by atoms with Gasteiger partial charge in [-0.25, -0.2) is 0 Å². The molecule has 0 amide bonds. The van der Waals surface area contributed by atoms with Crippen LogP contribution >= 0.6 is 0 Å². The molecule has 106 valence electrons. The number of aryl methyl sites for hydroxylation is 3. The molecule has 0 unspecified atom stereocenters. The van der Waals surface area contributed by atoms with E-state index in [2.05, 4.69) is 34.2 Å². The summed E-state index contributed by atoms with van der Waals surface area (Å²) in [4.78, 5) is 4.51. The number of pyridine rings is 1. The Balaban J connectivity index is 2.47. The predicted molar refractivity (Wildman–Crippen MR) is 80.0 cm³/mol. The van der Waals surface area contributed by atoms with E-state index < -0.39 is 0 Å². The first kappa shape index (κ1) is 14.4. The minimum Gasteiger partial charge on any atom is -0.270 e. The zero-order chi connectivity index (χ0) is 15.0. The van der Waals surface area contributed by atoms with Crippen molar-refractivity contribution in [2.75, 3.05) is 0 Å². The molecule has 0 saturated carbocycles. The first-order chi connectivity index (χ1) is 9.32. The second-order valence-electron chi connectivity index (χ2n) is 5.24. The maximum absolute atomic E-state index is 4.51. The largest absolute Gasteiger partial charge is 0.270 e. The van der Waals surface area contributed by atoms with E-state index in [-0.39, 0.29) is 0 Å². The molecule has 5 nitrogen and oxygen atoms in total. The molecule has 2 aromatic rings. The lowest BCUT2D eigenvalue weighted by Crippen LogP contribution is -1.95. The lowest BCUT2D eigenvalue weighted by Gasteiger charge is -2.09. The number of azo groups is 1. The Bertz CT molecular complexity index is 695. The Kier molecular flexibility index (Phi) is 3.70. The summed E-state index contributed by atoms with van der Waals surface area (Å²) in [5, 5.41) is 13.0. The second-order valence-corrected chi connectivity index (χ2v) is 5.24. The minimum absolute atomic E-state index is 0.669. The Labute approximate surface area is 119 Å². The fourth-order valence-electron chi connectivity index (χ4n) is 2.14. The molecule has 0 N–H and O–H groups in total. The summed E-state index contributed by atoms with van der Waals surface area (Å²) < 4.78 is 1.82.